The predicted octanol–water partition coefficient (Wildman–Crippen LogP) is 2.12. The summed E-state index contributed by atoms with van der Waals surface area (Å²) in [5.74, 6) is 0. The lowest BCUT2D eigenvalue weighted by molar-refractivity contribution is 0.549. The Morgan fingerprint density at radius 3 is 2.87 bits per heavy atom. The van der Waals surface area contributed by atoms with E-state index in [-0.39, 0.29) is 0 Å². The molecule has 0 radical (unpaired) electrons. The van der Waals surface area contributed by atoms with E-state index in [0.717, 1.165) is 6.42 Å². The number of nitrogens with two attached hydrogens (primary N) is 1. The summed E-state index contributed by atoms with van der Waals surface area (Å²) in [4.78, 5) is 0. The third-order valence-electron chi connectivity index (χ3n) is 2.60. The molecular formula is C12H17N3. The first kappa shape index (κ1) is 10.2. The van der Waals surface area contributed by atoms with Crippen LogP contribution in [0.15, 0.2) is 24.4 Å². The summed E-state index contributed by atoms with van der Waals surface area (Å²) in [5.41, 5.74) is 8.14. The first-order valence-corrected chi connectivity index (χ1v) is 5.39. The average Bonchev–Trinajstić information content (AvgIpc) is 2.62. The van der Waals surface area contributed by atoms with Crippen molar-refractivity contribution in [3.8, 4) is 0 Å². The molecule has 0 amide bonds. The van der Waals surface area contributed by atoms with E-state index < -0.39 is 0 Å². The van der Waals surface area contributed by atoms with Gasteiger partial charge in [-0.1, -0.05) is 18.2 Å². The van der Waals surface area contributed by atoms with Crippen LogP contribution in [0.5, 0.6) is 0 Å². The standard InChI is InChI=1S/C12H17N3/c1-9(2)15-12-10(6-7-13)4-3-5-11(12)8-14-15/h3-5,8-9H,6-7,13H2,1-2H3. The molecule has 0 atom stereocenters. The van der Waals surface area contributed by atoms with Crippen molar-refractivity contribution in [2.45, 2.75) is 26.3 Å². The van der Waals surface area contributed by atoms with Gasteiger partial charge in [0.25, 0.3) is 0 Å². The van der Waals surface area contributed by atoms with Crippen LogP contribution in [0.4, 0.5) is 0 Å². The Bertz CT molecular complexity index is 457. The predicted molar refractivity (Wildman–Crippen MR) is 62.9 cm³/mol. The molecule has 0 saturated heterocycles. The first-order valence-electron chi connectivity index (χ1n) is 5.39. The van der Waals surface area contributed by atoms with Gasteiger partial charge in [0.2, 0.25) is 0 Å². The van der Waals surface area contributed by atoms with E-state index in [9.17, 15) is 0 Å². The number of fused-ring (bicyclic) bond motifs is 1. The molecule has 3 nitrogen and oxygen atoms in total. The van der Waals surface area contributed by atoms with E-state index in [1.54, 1.807) is 0 Å². The number of hydrogen-bond acceptors (Lipinski definition) is 2. The summed E-state index contributed by atoms with van der Waals surface area (Å²) in [7, 11) is 0. The summed E-state index contributed by atoms with van der Waals surface area (Å²) in [5, 5.41) is 5.62. The Balaban J connectivity index is 2.63. The van der Waals surface area contributed by atoms with Crippen LogP contribution in [-0.2, 0) is 6.42 Å². The maximum Gasteiger partial charge on any atom is 0.0717 e. The SMILES string of the molecule is CC(C)n1ncc2cccc(CCN)c21. The molecule has 1 heterocycles. The number of benzene rings is 1. The molecule has 0 unspecified atom stereocenters. The normalized spacial score (nSPS) is 11.5. The molecule has 15 heavy (non-hydrogen) atoms. The van der Waals surface area contributed by atoms with Gasteiger partial charge in [-0.25, -0.2) is 0 Å². The number of nitrogens with zero attached hydrogens (tertiary/aromatic N) is 2. The zero-order chi connectivity index (χ0) is 10.8. The van der Waals surface area contributed by atoms with Gasteiger partial charge in [0.05, 0.1) is 11.7 Å². The number of para-hydroxylation sites is 1. The van der Waals surface area contributed by atoms with Gasteiger partial charge < -0.3 is 5.73 Å². The van der Waals surface area contributed by atoms with Crippen molar-refractivity contribution >= 4 is 10.9 Å². The average molecular weight is 203 g/mol. The Hall–Kier alpha value is -1.35. The fourth-order valence-electron chi connectivity index (χ4n) is 1.93. The second-order valence-corrected chi connectivity index (χ2v) is 4.08. The highest BCUT2D eigenvalue weighted by Crippen LogP contribution is 2.21. The topological polar surface area (TPSA) is 43.8 Å². The summed E-state index contributed by atoms with van der Waals surface area (Å²) >= 11 is 0. The quantitative estimate of drug-likeness (QED) is 0.830. The third-order valence-corrected chi connectivity index (χ3v) is 2.60. The first-order chi connectivity index (χ1) is 7.24. The van der Waals surface area contributed by atoms with E-state index in [1.165, 1.54) is 16.5 Å². The fourth-order valence-corrected chi connectivity index (χ4v) is 1.93. The smallest absolute Gasteiger partial charge is 0.0717 e. The van der Waals surface area contributed by atoms with Crippen LogP contribution in [0.2, 0.25) is 0 Å². The van der Waals surface area contributed by atoms with E-state index in [2.05, 4.69) is 41.8 Å². The monoisotopic (exact) mass is 203 g/mol. The second kappa shape index (κ2) is 4.03. The van der Waals surface area contributed by atoms with Crippen LogP contribution < -0.4 is 5.73 Å². The molecule has 2 aromatic rings. The molecular weight excluding hydrogens is 186 g/mol. The number of hydrogen-bond donors (Lipinski definition) is 1. The third kappa shape index (κ3) is 1.75. The molecule has 0 aliphatic carbocycles. The van der Waals surface area contributed by atoms with Crippen LogP contribution in [0.1, 0.15) is 25.5 Å². The van der Waals surface area contributed by atoms with Crippen molar-refractivity contribution in [3.63, 3.8) is 0 Å². The molecule has 80 valence electrons. The molecule has 2 rings (SSSR count). The molecule has 0 aliphatic rings. The molecule has 1 aromatic heterocycles. The zero-order valence-electron chi connectivity index (χ0n) is 9.27. The van der Waals surface area contributed by atoms with Gasteiger partial charge in [0.15, 0.2) is 0 Å². The van der Waals surface area contributed by atoms with Crippen molar-refractivity contribution in [2.75, 3.05) is 6.54 Å². The molecule has 0 bridgehead atoms. The molecule has 2 N–H and O–H groups in total. The second-order valence-electron chi connectivity index (χ2n) is 4.08. The summed E-state index contributed by atoms with van der Waals surface area (Å²) < 4.78 is 2.07. The Morgan fingerprint density at radius 1 is 1.40 bits per heavy atom. The van der Waals surface area contributed by atoms with Gasteiger partial charge in [-0.2, -0.15) is 5.10 Å². The van der Waals surface area contributed by atoms with Gasteiger partial charge in [-0.05, 0) is 32.4 Å². The van der Waals surface area contributed by atoms with E-state index in [1.807, 2.05) is 6.20 Å². The van der Waals surface area contributed by atoms with Crippen molar-refractivity contribution in [2.24, 2.45) is 5.73 Å². The molecule has 0 spiro atoms. The minimum Gasteiger partial charge on any atom is -0.330 e. The van der Waals surface area contributed by atoms with Crippen LogP contribution in [0, 0.1) is 0 Å². The Labute approximate surface area is 89.9 Å². The van der Waals surface area contributed by atoms with Crippen molar-refractivity contribution in [1.29, 1.82) is 0 Å². The van der Waals surface area contributed by atoms with Gasteiger partial charge in [-0.15, -0.1) is 0 Å². The van der Waals surface area contributed by atoms with E-state index in [0.29, 0.717) is 12.6 Å². The maximum absolute atomic E-state index is 5.62. The largest absolute Gasteiger partial charge is 0.330 e. The van der Waals surface area contributed by atoms with E-state index in [4.69, 9.17) is 5.73 Å². The highest BCUT2D eigenvalue weighted by molar-refractivity contribution is 5.82. The van der Waals surface area contributed by atoms with Crippen LogP contribution in [0.3, 0.4) is 0 Å². The maximum atomic E-state index is 5.62. The lowest BCUT2D eigenvalue weighted by atomic mass is 10.1. The van der Waals surface area contributed by atoms with Crippen molar-refractivity contribution < 1.29 is 0 Å². The molecule has 0 aliphatic heterocycles. The van der Waals surface area contributed by atoms with Gasteiger partial charge >= 0.3 is 0 Å². The summed E-state index contributed by atoms with van der Waals surface area (Å²) in [6.07, 6.45) is 2.84. The molecule has 3 heteroatoms. The lowest BCUT2D eigenvalue weighted by Crippen LogP contribution is -2.07. The molecule has 0 fully saturated rings. The molecule has 0 saturated carbocycles. The van der Waals surface area contributed by atoms with Crippen LogP contribution in [0.25, 0.3) is 10.9 Å². The van der Waals surface area contributed by atoms with Gasteiger partial charge in [-0.3, -0.25) is 4.68 Å². The number of rotatable bonds is 3. The minimum absolute atomic E-state index is 0.390. The van der Waals surface area contributed by atoms with Gasteiger partial charge in [0.1, 0.15) is 0 Å². The van der Waals surface area contributed by atoms with Crippen LogP contribution >= 0.6 is 0 Å². The van der Waals surface area contributed by atoms with Gasteiger partial charge in [0, 0.05) is 11.4 Å². The molecule has 1 aromatic carbocycles. The van der Waals surface area contributed by atoms with E-state index >= 15 is 0 Å². The fraction of sp³-hybridized carbons (Fsp3) is 0.417. The van der Waals surface area contributed by atoms with Crippen molar-refractivity contribution in [1.82, 2.24) is 9.78 Å². The minimum atomic E-state index is 0.390. The summed E-state index contributed by atoms with van der Waals surface area (Å²) in [6, 6.07) is 6.69. The Kier molecular flexibility index (Phi) is 2.73. The highest BCUT2D eigenvalue weighted by atomic mass is 15.3. The lowest BCUT2D eigenvalue weighted by Gasteiger charge is -2.10. The number of aromatic nitrogens is 2. The Morgan fingerprint density at radius 2 is 2.20 bits per heavy atom. The zero-order valence-corrected chi connectivity index (χ0v) is 9.27. The van der Waals surface area contributed by atoms with Crippen molar-refractivity contribution in [3.05, 3.63) is 30.0 Å². The van der Waals surface area contributed by atoms with Crippen LogP contribution in [-0.4, -0.2) is 16.3 Å². The highest BCUT2D eigenvalue weighted by Gasteiger charge is 2.09. The summed E-state index contributed by atoms with van der Waals surface area (Å²) in [6.45, 7) is 4.97.